The Morgan fingerprint density at radius 3 is 1.63 bits per heavy atom. The molecular formula is C40H44O17. The van der Waals surface area contributed by atoms with Crippen LogP contribution in [-0.4, -0.2) is 141 Å². The van der Waals surface area contributed by atoms with Crippen LogP contribution in [0.25, 0.3) is 12.2 Å². The van der Waals surface area contributed by atoms with E-state index in [9.17, 15) is 66.4 Å². The fraction of sp³-hybridized carbons (Fsp3) is 0.350. The first-order chi connectivity index (χ1) is 27.2. The van der Waals surface area contributed by atoms with Crippen LogP contribution in [0.5, 0.6) is 34.5 Å². The normalized spacial score (nSPS) is 28.9. The minimum atomic E-state index is -1.88. The van der Waals surface area contributed by atoms with Crippen LogP contribution in [-0.2, 0) is 9.47 Å². The van der Waals surface area contributed by atoms with Gasteiger partial charge in [-0.05, 0) is 64.7 Å². The van der Waals surface area contributed by atoms with Crippen molar-refractivity contribution in [1.82, 2.24) is 0 Å². The molecule has 4 aromatic carbocycles. The maximum absolute atomic E-state index is 12.4. The topological polar surface area (TPSA) is 300 Å². The Bertz CT molecular complexity index is 1990. The van der Waals surface area contributed by atoms with Crippen molar-refractivity contribution in [3.05, 3.63) is 107 Å². The van der Waals surface area contributed by atoms with Crippen LogP contribution in [0.3, 0.4) is 0 Å². The minimum absolute atomic E-state index is 0.0110. The molecule has 2 aliphatic rings. The molecule has 0 aromatic heterocycles. The molecule has 0 spiro atoms. The van der Waals surface area contributed by atoms with Crippen molar-refractivity contribution in [2.45, 2.75) is 73.4 Å². The quantitative estimate of drug-likeness (QED) is 0.0833. The molecule has 2 saturated heterocycles. The summed E-state index contributed by atoms with van der Waals surface area (Å²) in [6, 6.07) is 17.8. The Balaban J connectivity index is 1.49. The van der Waals surface area contributed by atoms with E-state index in [2.05, 4.69) is 0 Å². The van der Waals surface area contributed by atoms with Crippen LogP contribution in [0.15, 0.2) is 78.9 Å². The summed E-state index contributed by atoms with van der Waals surface area (Å²) < 4.78 is 22.9. The Morgan fingerprint density at radius 1 is 0.544 bits per heavy atom. The van der Waals surface area contributed by atoms with E-state index in [-0.39, 0.29) is 45.4 Å². The SMILES string of the molecule is OC[C@H]1O[C@@H](Oc2cc(O)cc(C(O)C(c3ccc(O)cc3)c3c(/C=C/c4ccc(O)cc4)cc(O)cc3O[C@@H]3O[C@H](CO)[C@@H](O)[C@H](O)[C@H]3O)c2)[C@H](O)[C@@H](O)[C@@H]1O. The van der Waals surface area contributed by atoms with Gasteiger partial charge < -0.3 is 85.3 Å². The zero-order valence-corrected chi connectivity index (χ0v) is 29.9. The van der Waals surface area contributed by atoms with E-state index >= 15 is 0 Å². The number of aromatic hydroxyl groups is 4. The predicted molar refractivity (Wildman–Crippen MR) is 197 cm³/mol. The van der Waals surface area contributed by atoms with Crippen molar-refractivity contribution in [3.8, 4) is 34.5 Å². The van der Waals surface area contributed by atoms with E-state index in [1.807, 2.05) is 0 Å². The van der Waals surface area contributed by atoms with E-state index < -0.39 is 92.4 Å². The van der Waals surface area contributed by atoms with Crippen LogP contribution < -0.4 is 9.47 Å². The van der Waals surface area contributed by atoms with Crippen molar-refractivity contribution in [3.63, 3.8) is 0 Å². The van der Waals surface area contributed by atoms with Crippen LogP contribution >= 0.6 is 0 Å². The lowest BCUT2D eigenvalue weighted by molar-refractivity contribution is -0.277. The fourth-order valence-electron chi connectivity index (χ4n) is 6.79. The molecule has 12 atom stereocenters. The summed E-state index contributed by atoms with van der Waals surface area (Å²) in [6.07, 6.45) is -15.2. The van der Waals surface area contributed by atoms with E-state index in [0.29, 0.717) is 11.1 Å². The maximum Gasteiger partial charge on any atom is 0.229 e. The Morgan fingerprint density at radius 2 is 1.07 bits per heavy atom. The lowest BCUT2D eigenvalue weighted by atomic mass is 9.80. The smallest absolute Gasteiger partial charge is 0.229 e. The molecule has 0 radical (unpaired) electrons. The van der Waals surface area contributed by atoms with Crippen molar-refractivity contribution in [2.75, 3.05) is 13.2 Å². The van der Waals surface area contributed by atoms with E-state index in [0.717, 1.165) is 12.1 Å². The Kier molecular flexibility index (Phi) is 12.9. The average molecular weight is 797 g/mol. The molecule has 0 aliphatic carbocycles. The van der Waals surface area contributed by atoms with Crippen LogP contribution in [0.1, 0.15) is 39.8 Å². The van der Waals surface area contributed by atoms with E-state index in [1.165, 1.54) is 54.6 Å². The van der Waals surface area contributed by atoms with Crippen molar-refractivity contribution in [2.24, 2.45) is 0 Å². The highest BCUT2D eigenvalue weighted by atomic mass is 16.7. The molecule has 57 heavy (non-hydrogen) atoms. The van der Waals surface area contributed by atoms with Crippen molar-refractivity contribution in [1.29, 1.82) is 0 Å². The lowest BCUT2D eigenvalue weighted by Crippen LogP contribution is -2.60. The third-order valence-corrected chi connectivity index (χ3v) is 9.83. The third kappa shape index (κ3) is 9.09. The molecule has 17 nitrogen and oxygen atoms in total. The van der Waals surface area contributed by atoms with Gasteiger partial charge in [-0.25, -0.2) is 0 Å². The zero-order valence-electron chi connectivity index (χ0n) is 29.9. The highest BCUT2D eigenvalue weighted by Gasteiger charge is 2.46. The van der Waals surface area contributed by atoms with Crippen LogP contribution in [0, 0.1) is 0 Å². The fourth-order valence-corrected chi connectivity index (χ4v) is 6.79. The van der Waals surface area contributed by atoms with Gasteiger partial charge in [0.2, 0.25) is 12.6 Å². The number of aliphatic hydroxyl groups is 9. The summed E-state index contributed by atoms with van der Waals surface area (Å²) >= 11 is 0. The van der Waals surface area contributed by atoms with Gasteiger partial charge in [0.15, 0.2) is 0 Å². The molecule has 2 unspecified atom stereocenters. The second-order valence-electron chi connectivity index (χ2n) is 13.8. The van der Waals surface area contributed by atoms with E-state index in [4.69, 9.17) is 18.9 Å². The standard InChI is InChI=1S/C40H44O17/c41-16-28-33(48)35(50)37(52)39(56-28)54-26-13-21(12-24(45)14-26)32(47)31(19-5-9-23(44)10-6-19)30-20(4-1-18-2-7-22(43)8-3-18)11-25(46)15-27(30)55-40-38(53)36(51)34(49)29(17-42)57-40/h1-15,28-29,31-53H,16-17H2/b4-1+/t28-,29-,31?,32?,33-,34-,35+,36+,37-,38-,39-,40-/m1/s1. The first-order valence-electron chi connectivity index (χ1n) is 17.8. The zero-order chi connectivity index (χ0) is 41.1. The number of hydrogen-bond acceptors (Lipinski definition) is 17. The van der Waals surface area contributed by atoms with E-state index in [1.54, 1.807) is 24.3 Å². The minimum Gasteiger partial charge on any atom is -0.508 e. The average Bonchev–Trinajstić information content (AvgIpc) is 3.19. The monoisotopic (exact) mass is 796 g/mol. The molecule has 0 bridgehead atoms. The van der Waals surface area contributed by atoms with Gasteiger partial charge in [-0.15, -0.1) is 0 Å². The number of phenolic OH excluding ortho intramolecular Hbond substituents is 4. The van der Waals surface area contributed by atoms with Gasteiger partial charge in [-0.3, -0.25) is 0 Å². The molecule has 2 fully saturated rings. The number of phenols is 4. The summed E-state index contributed by atoms with van der Waals surface area (Å²) in [5.41, 5.74) is 1.22. The Labute approximate surface area is 325 Å². The van der Waals surface area contributed by atoms with Gasteiger partial charge in [0.05, 0.1) is 19.3 Å². The predicted octanol–water partition coefficient (Wildman–Crippen LogP) is -0.0977. The molecule has 0 saturated carbocycles. The highest BCUT2D eigenvalue weighted by molar-refractivity contribution is 5.75. The van der Waals surface area contributed by atoms with Gasteiger partial charge in [-0.1, -0.05) is 36.4 Å². The molecular weight excluding hydrogens is 752 g/mol. The molecule has 2 aliphatic heterocycles. The molecule has 13 N–H and O–H groups in total. The molecule has 6 rings (SSSR count). The summed E-state index contributed by atoms with van der Waals surface area (Å²) in [4.78, 5) is 0. The summed E-state index contributed by atoms with van der Waals surface area (Å²) in [7, 11) is 0. The summed E-state index contributed by atoms with van der Waals surface area (Å²) in [6.45, 7) is -1.50. The molecule has 2 heterocycles. The van der Waals surface area contributed by atoms with Gasteiger partial charge in [0.25, 0.3) is 0 Å². The van der Waals surface area contributed by atoms with Crippen molar-refractivity contribution < 1.29 is 85.3 Å². The number of benzene rings is 4. The molecule has 0 amide bonds. The number of ether oxygens (including phenoxy) is 4. The summed E-state index contributed by atoms with van der Waals surface area (Å²) in [5, 5.41) is 137. The highest BCUT2D eigenvalue weighted by Crippen LogP contribution is 2.47. The van der Waals surface area contributed by atoms with Gasteiger partial charge in [0, 0.05) is 23.6 Å². The van der Waals surface area contributed by atoms with Crippen molar-refractivity contribution >= 4 is 12.2 Å². The molecule has 306 valence electrons. The van der Waals surface area contributed by atoms with Gasteiger partial charge in [-0.2, -0.15) is 0 Å². The Hall–Kier alpha value is -5.02. The first kappa shape index (κ1) is 41.6. The van der Waals surface area contributed by atoms with Crippen LogP contribution in [0.4, 0.5) is 0 Å². The number of aliphatic hydroxyl groups excluding tert-OH is 9. The second kappa shape index (κ2) is 17.6. The largest absolute Gasteiger partial charge is 0.508 e. The maximum atomic E-state index is 12.4. The summed E-state index contributed by atoms with van der Waals surface area (Å²) in [5.74, 6) is -2.59. The molecule has 17 heteroatoms. The second-order valence-corrected chi connectivity index (χ2v) is 13.8. The van der Waals surface area contributed by atoms with Gasteiger partial charge >= 0.3 is 0 Å². The number of hydrogen-bond donors (Lipinski definition) is 13. The third-order valence-electron chi connectivity index (χ3n) is 9.83. The van der Waals surface area contributed by atoms with Gasteiger partial charge in [0.1, 0.15) is 83.3 Å². The molecule has 4 aromatic rings. The number of rotatable bonds is 12. The lowest BCUT2D eigenvalue weighted by Gasteiger charge is -2.40. The van der Waals surface area contributed by atoms with Crippen LogP contribution in [0.2, 0.25) is 0 Å². The first-order valence-corrected chi connectivity index (χ1v) is 17.8.